The average molecular weight is 373 g/mol. The van der Waals surface area contributed by atoms with Gasteiger partial charge in [-0.15, -0.1) is 0 Å². The number of amides is 1. The predicted molar refractivity (Wildman–Crippen MR) is 101 cm³/mol. The first-order valence-corrected chi connectivity index (χ1v) is 8.88. The highest BCUT2D eigenvalue weighted by Crippen LogP contribution is 2.26. The molecule has 1 amide bonds. The van der Waals surface area contributed by atoms with Crippen LogP contribution < -0.4 is 10.1 Å². The molecule has 0 saturated heterocycles. The number of carbonyl (C=O) groups is 2. The van der Waals surface area contributed by atoms with E-state index in [1.165, 1.54) is 31.2 Å². The molecule has 0 bridgehead atoms. The van der Waals surface area contributed by atoms with Gasteiger partial charge in [-0.25, -0.2) is 9.18 Å². The van der Waals surface area contributed by atoms with Crippen LogP contribution in [0, 0.1) is 5.82 Å². The van der Waals surface area contributed by atoms with Crippen molar-refractivity contribution in [3.05, 3.63) is 59.9 Å². The number of benzene rings is 2. The molecule has 6 heteroatoms. The Labute approximate surface area is 158 Å². The van der Waals surface area contributed by atoms with Crippen molar-refractivity contribution >= 4 is 17.6 Å². The molecule has 5 nitrogen and oxygen atoms in total. The Kier molecular flexibility index (Phi) is 7.34. The smallest absolute Gasteiger partial charge is 0.344 e. The van der Waals surface area contributed by atoms with Gasteiger partial charge < -0.3 is 14.8 Å². The summed E-state index contributed by atoms with van der Waals surface area (Å²) in [5.74, 6) is -0.859. The lowest BCUT2D eigenvalue weighted by Gasteiger charge is -2.18. The third-order valence-corrected chi connectivity index (χ3v) is 4.21. The maximum absolute atomic E-state index is 12.8. The zero-order valence-electron chi connectivity index (χ0n) is 15.7. The maximum Gasteiger partial charge on any atom is 0.344 e. The summed E-state index contributed by atoms with van der Waals surface area (Å²) in [6, 6.07) is 12.8. The summed E-state index contributed by atoms with van der Waals surface area (Å²) in [7, 11) is 0. The molecule has 0 aliphatic rings. The molecule has 2 aromatic carbocycles. The minimum absolute atomic E-state index is 0.295. The van der Waals surface area contributed by atoms with Crippen LogP contribution in [0.3, 0.4) is 0 Å². The number of anilines is 1. The van der Waals surface area contributed by atoms with Crippen LogP contribution in [-0.2, 0) is 14.3 Å². The van der Waals surface area contributed by atoms with Crippen molar-refractivity contribution in [1.82, 2.24) is 0 Å². The summed E-state index contributed by atoms with van der Waals surface area (Å²) in [4.78, 5) is 24.2. The van der Waals surface area contributed by atoms with Crippen molar-refractivity contribution in [3.63, 3.8) is 0 Å². The summed E-state index contributed by atoms with van der Waals surface area (Å²) in [5.41, 5.74) is 1.74. The van der Waals surface area contributed by atoms with Crippen LogP contribution in [0.5, 0.6) is 5.75 Å². The Morgan fingerprint density at radius 2 is 1.74 bits per heavy atom. The standard InChI is InChI=1S/C21H24FNO4/c1-4-14(2)18-7-5-6-8-19(18)23-21(25)15(3)27-20(24)13-26-17-11-9-16(22)10-12-17/h5-12,14-15H,4,13H2,1-3H3,(H,23,25)/t14-,15-/m0/s1. The molecular weight excluding hydrogens is 349 g/mol. The van der Waals surface area contributed by atoms with Crippen molar-refractivity contribution in [3.8, 4) is 5.75 Å². The van der Waals surface area contributed by atoms with Crippen molar-refractivity contribution in [2.45, 2.75) is 39.2 Å². The van der Waals surface area contributed by atoms with E-state index in [4.69, 9.17) is 9.47 Å². The van der Waals surface area contributed by atoms with E-state index in [2.05, 4.69) is 19.2 Å². The fourth-order valence-corrected chi connectivity index (χ4v) is 2.45. The molecule has 0 unspecified atom stereocenters. The molecule has 0 heterocycles. The summed E-state index contributed by atoms with van der Waals surface area (Å²) in [6.45, 7) is 5.29. The highest BCUT2D eigenvalue weighted by atomic mass is 19.1. The Balaban J connectivity index is 1.88. The van der Waals surface area contributed by atoms with Crippen molar-refractivity contribution in [2.24, 2.45) is 0 Å². The summed E-state index contributed by atoms with van der Waals surface area (Å²) in [6.07, 6.45) is -0.0303. The molecule has 0 aliphatic heterocycles. The van der Waals surface area contributed by atoms with Crippen LogP contribution in [-0.4, -0.2) is 24.6 Å². The Bertz CT molecular complexity index is 776. The van der Waals surface area contributed by atoms with Gasteiger partial charge in [0.1, 0.15) is 11.6 Å². The number of hydrogen-bond acceptors (Lipinski definition) is 4. The molecule has 0 aromatic heterocycles. The minimum atomic E-state index is -0.973. The molecule has 0 saturated carbocycles. The molecular formula is C21H24FNO4. The first-order chi connectivity index (χ1) is 12.9. The lowest BCUT2D eigenvalue weighted by atomic mass is 9.97. The average Bonchev–Trinajstić information content (AvgIpc) is 2.67. The van der Waals surface area contributed by atoms with Gasteiger partial charge >= 0.3 is 5.97 Å². The van der Waals surface area contributed by atoms with Crippen LogP contribution in [0.25, 0.3) is 0 Å². The van der Waals surface area contributed by atoms with Gasteiger partial charge in [-0.3, -0.25) is 4.79 Å². The van der Waals surface area contributed by atoms with Crippen LogP contribution in [0.2, 0.25) is 0 Å². The van der Waals surface area contributed by atoms with Crippen LogP contribution >= 0.6 is 0 Å². The van der Waals surface area contributed by atoms with Gasteiger partial charge in [0.2, 0.25) is 0 Å². The number of ether oxygens (including phenoxy) is 2. The van der Waals surface area contributed by atoms with E-state index in [1.807, 2.05) is 24.3 Å². The molecule has 2 rings (SSSR count). The highest BCUT2D eigenvalue weighted by molar-refractivity contribution is 5.95. The van der Waals surface area contributed by atoms with E-state index < -0.39 is 23.8 Å². The molecule has 2 atom stereocenters. The fraction of sp³-hybridized carbons (Fsp3) is 0.333. The molecule has 0 spiro atoms. The number of carbonyl (C=O) groups excluding carboxylic acids is 2. The number of halogens is 1. The van der Waals surface area contributed by atoms with E-state index in [0.717, 1.165) is 12.0 Å². The molecule has 2 aromatic rings. The number of rotatable bonds is 8. The minimum Gasteiger partial charge on any atom is -0.482 e. The third kappa shape index (κ3) is 6.09. The van der Waals surface area contributed by atoms with Crippen LogP contribution in [0.1, 0.15) is 38.7 Å². The van der Waals surface area contributed by atoms with E-state index >= 15 is 0 Å². The van der Waals surface area contributed by atoms with E-state index in [9.17, 15) is 14.0 Å². The van der Waals surface area contributed by atoms with Gasteiger partial charge in [-0.2, -0.15) is 0 Å². The summed E-state index contributed by atoms with van der Waals surface area (Å²) >= 11 is 0. The summed E-state index contributed by atoms with van der Waals surface area (Å²) < 4.78 is 23.2. The third-order valence-electron chi connectivity index (χ3n) is 4.21. The second-order valence-electron chi connectivity index (χ2n) is 6.26. The van der Waals surface area contributed by atoms with Crippen molar-refractivity contribution < 1.29 is 23.5 Å². The number of hydrogen-bond donors (Lipinski definition) is 1. The Morgan fingerprint density at radius 3 is 2.41 bits per heavy atom. The number of para-hydroxylation sites is 1. The lowest BCUT2D eigenvalue weighted by Crippen LogP contribution is -2.32. The van der Waals surface area contributed by atoms with Gasteiger partial charge in [-0.05, 0) is 55.2 Å². The molecule has 1 N–H and O–H groups in total. The lowest BCUT2D eigenvalue weighted by molar-refractivity contribution is -0.155. The molecule has 27 heavy (non-hydrogen) atoms. The predicted octanol–water partition coefficient (Wildman–Crippen LogP) is 4.29. The second-order valence-corrected chi connectivity index (χ2v) is 6.26. The van der Waals surface area contributed by atoms with Gasteiger partial charge in [0.05, 0.1) is 0 Å². The van der Waals surface area contributed by atoms with E-state index in [1.54, 1.807) is 0 Å². The Morgan fingerprint density at radius 1 is 1.07 bits per heavy atom. The van der Waals surface area contributed by atoms with Gasteiger partial charge in [-0.1, -0.05) is 32.0 Å². The number of nitrogens with one attached hydrogen (secondary N) is 1. The largest absolute Gasteiger partial charge is 0.482 e. The highest BCUT2D eigenvalue weighted by Gasteiger charge is 2.20. The summed E-state index contributed by atoms with van der Waals surface area (Å²) in [5, 5.41) is 2.81. The molecule has 0 fully saturated rings. The Hall–Kier alpha value is -2.89. The first kappa shape index (κ1) is 20.4. The maximum atomic E-state index is 12.8. The van der Waals surface area contributed by atoms with Gasteiger partial charge in [0, 0.05) is 5.69 Å². The van der Waals surface area contributed by atoms with Crippen molar-refractivity contribution in [1.29, 1.82) is 0 Å². The quantitative estimate of drug-likeness (QED) is 0.701. The zero-order valence-corrected chi connectivity index (χ0v) is 15.7. The molecule has 144 valence electrons. The fourth-order valence-electron chi connectivity index (χ4n) is 2.45. The monoisotopic (exact) mass is 373 g/mol. The topological polar surface area (TPSA) is 64.6 Å². The number of esters is 1. The van der Waals surface area contributed by atoms with Crippen LogP contribution in [0.15, 0.2) is 48.5 Å². The van der Waals surface area contributed by atoms with Gasteiger partial charge in [0.25, 0.3) is 5.91 Å². The van der Waals surface area contributed by atoms with Crippen LogP contribution in [0.4, 0.5) is 10.1 Å². The van der Waals surface area contributed by atoms with Crippen molar-refractivity contribution in [2.75, 3.05) is 11.9 Å². The zero-order chi connectivity index (χ0) is 19.8. The normalized spacial score (nSPS) is 12.7. The van der Waals surface area contributed by atoms with E-state index in [0.29, 0.717) is 17.4 Å². The van der Waals surface area contributed by atoms with E-state index in [-0.39, 0.29) is 6.61 Å². The first-order valence-electron chi connectivity index (χ1n) is 8.88. The molecule has 0 aliphatic carbocycles. The molecule has 0 radical (unpaired) electrons. The van der Waals surface area contributed by atoms with Gasteiger partial charge in [0.15, 0.2) is 12.7 Å². The SMILES string of the molecule is CC[C@H](C)c1ccccc1NC(=O)[C@H](C)OC(=O)COc1ccc(F)cc1. The second kappa shape index (κ2) is 9.71.